The number of nitrogens with zero attached hydrogens (tertiary/aromatic N) is 2. The molecule has 0 bridgehead atoms. The first-order valence-corrected chi connectivity index (χ1v) is 10.00. The molecule has 0 amide bonds. The molecule has 6 heteroatoms. The van der Waals surface area contributed by atoms with Crippen LogP contribution in [0, 0.1) is 6.92 Å². The van der Waals surface area contributed by atoms with Crippen LogP contribution in [0.3, 0.4) is 0 Å². The Morgan fingerprint density at radius 3 is 2.58 bits per heavy atom. The third-order valence-corrected chi connectivity index (χ3v) is 6.65. The minimum atomic E-state index is -3.62. The molecule has 0 radical (unpaired) electrons. The van der Waals surface area contributed by atoms with Crippen LogP contribution in [0.15, 0.2) is 41.4 Å². The quantitative estimate of drug-likeness (QED) is 0.553. The Kier molecular flexibility index (Phi) is 3.86. The number of ether oxygens (including phenoxy) is 1. The molecule has 1 aliphatic rings. The number of fused-ring (bicyclic) bond motifs is 2. The molecule has 0 saturated carbocycles. The number of benzene rings is 2. The first-order chi connectivity index (χ1) is 12.3. The average molecular weight is 370 g/mol. The molecule has 1 aliphatic heterocycles. The van der Waals surface area contributed by atoms with Crippen LogP contribution in [0.4, 0.5) is 0 Å². The molecular weight excluding hydrogens is 348 g/mol. The molecule has 136 valence electrons. The Labute approximate surface area is 153 Å². The minimum absolute atomic E-state index is 0.326. The number of likely N-dealkylation sites (N-methyl/N-ethyl adjacent to an activating group) is 1. The van der Waals surface area contributed by atoms with E-state index in [1.54, 1.807) is 25.4 Å². The molecule has 0 unspecified atom stereocenters. The van der Waals surface area contributed by atoms with Crippen molar-refractivity contribution in [2.75, 3.05) is 27.7 Å². The number of rotatable bonds is 4. The molecule has 2 heterocycles. The molecular formula is C20H22N2O3S. The van der Waals surface area contributed by atoms with Crippen LogP contribution in [0.5, 0.6) is 5.75 Å². The van der Waals surface area contributed by atoms with Gasteiger partial charge in [-0.15, -0.1) is 0 Å². The second-order valence-corrected chi connectivity index (χ2v) is 8.86. The van der Waals surface area contributed by atoms with E-state index in [0.29, 0.717) is 16.2 Å². The van der Waals surface area contributed by atoms with Gasteiger partial charge in [0.25, 0.3) is 10.0 Å². The van der Waals surface area contributed by atoms with Crippen LogP contribution in [0.2, 0.25) is 0 Å². The van der Waals surface area contributed by atoms with Gasteiger partial charge in [0.1, 0.15) is 5.75 Å². The molecule has 0 fully saturated rings. The number of aromatic nitrogens is 1. The number of methoxy groups -OCH3 is 1. The molecule has 4 rings (SSSR count). The van der Waals surface area contributed by atoms with Crippen LogP contribution >= 0.6 is 0 Å². The highest BCUT2D eigenvalue weighted by Gasteiger charge is 2.32. The molecule has 26 heavy (non-hydrogen) atoms. The second-order valence-electron chi connectivity index (χ2n) is 7.08. The third kappa shape index (κ3) is 2.44. The average Bonchev–Trinajstić information content (AvgIpc) is 2.97. The van der Waals surface area contributed by atoms with E-state index in [9.17, 15) is 8.42 Å². The summed E-state index contributed by atoms with van der Waals surface area (Å²) in [5.41, 5.74) is 4.60. The first-order valence-electron chi connectivity index (χ1n) is 8.56. The standard InChI is InChI=1S/C20H22N2O3S/c1-13-9-16-14(7-8-21(2)3)12-22-20(16)18(10-13)17-11-15(25-4)5-6-19(17)26(22,23)24/h5-6,9-12H,7-8H2,1-4H3. The lowest BCUT2D eigenvalue weighted by Gasteiger charge is -2.21. The summed E-state index contributed by atoms with van der Waals surface area (Å²) in [4.78, 5) is 2.43. The summed E-state index contributed by atoms with van der Waals surface area (Å²) >= 11 is 0. The Balaban J connectivity index is 2.07. The van der Waals surface area contributed by atoms with Crippen molar-refractivity contribution in [2.24, 2.45) is 0 Å². The number of hydrogen-bond donors (Lipinski definition) is 0. The summed E-state index contributed by atoms with van der Waals surface area (Å²) in [6.07, 6.45) is 2.59. The van der Waals surface area contributed by atoms with Gasteiger partial charge < -0.3 is 9.64 Å². The first kappa shape index (κ1) is 17.1. The minimum Gasteiger partial charge on any atom is -0.497 e. The third-order valence-electron chi connectivity index (χ3n) is 4.94. The van der Waals surface area contributed by atoms with Crippen LogP contribution < -0.4 is 4.74 Å². The maximum atomic E-state index is 13.2. The highest BCUT2D eigenvalue weighted by Crippen LogP contribution is 2.43. The predicted molar refractivity (Wildman–Crippen MR) is 104 cm³/mol. The van der Waals surface area contributed by atoms with Crippen LogP contribution in [-0.2, 0) is 16.4 Å². The Hall–Kier alpha value is -2.31. The molecule has 0 N–H and O–H groups in total. The van der Waals surface area contributed by atoms with Gasteiger partial charge in [0.05, 0.1) is 17.5 Å². The predicted octanol–water partition coefficient (Wildman–Crippen LogP) is 3.28. The van der Waals surface area contributed by atoms with Crippen LogP contribution in [-0.4, -0.2) is 45.0 Å². The summed E-state index contributed by atoms with van der Waals surface area (Å²) in [5.74, 6) is 0.654. The van der Waals surface area contributed by atoms with Gasteiger partial charge in [-0.1, -0.05) is 0 Å². The summed E-state index contributed by atoms with van der Waals surface area (Å²) < 4.78 is 33.2. The van der Waals surface area contributed by atoms with Crippen LogP contribution in [0.1, 0.15) is 11.1 Å². The van der Waals surface area contributed by atoms with Crippen molar-refractivity contribution in [3.05, 3.63) is 47.7 Å². The SMILES string of the molecule is COc1ccc2c(c1)-c1cc(C)cc3c(CCN(C)C)cn(c13)S2(=O)=O. The molecule has 2 aromatic carbocycles. The lowest BCUT2D eigenvalue weighted by molar-refractivity contribution is 0.414. The van der Waals surface area contributed by atoms with E-state index in [1.165, 1.54) is 3.97 Å². The topological polar surface area (TPSA) is 51.5 Å². The van der Waals surface area contributed by atoms with Gasteiger partial charge in [0.2, 0.25) is 0 Å². The summed E-state index contributed by atoms with van der Waals surface area (Å²) in [5, 5.41) is 1.01. The van der Waals surface area contributed by atoms with E-state index in [1.807, 2.05) is 27.1 Å². The van der Waals surface area contributed by atoms with Crippen molar-refractivity contribution in [1.29, 1.82) is 0 Å². The monoisotopic (exact) mass is 370 g/mol. The van der Waals surface area contributed by atoms with Crippen molar-refractivity contribution < 1.29 is 13.2 Å². The van der Waals surface area contributed by atoms with Gasteiger partial charge in [-0.3, -0.25) is 0 Å². The zero-order chi connectivity index (χ0) is 18.6. The Bertz CT molecular complexity index is 1130. The van der Waals surface area contributed by atoms with Crippen molar-refractivity contribution in [2.45, 2.75) is 18.2 Å². The van der Waals surface area contributed by atoms with Crippen molar-refractivity contribution >= 4 is 20.9 Å². The highest BCUT2D eigenvalue weighted by atomic mass is 32.2. The van der Waals surface area contributed by atoms with Crippen molar-refractivity contribution in [3.8, 4) is 16.9 Å². The maximum Gasteiger partial charge on any atom is 0.268 e. The lowest BCUT2D eigenvalue weighted by atomic mass is 9.98. The van der Waals surface area contributed by atoms with E-state index in [-0.39, 0.29) is 0 Å². The number of aryl methyl sites for hydroxylation is 1. The van der Waals surface area contributed by atoms with E-state index < -0.39 is 10.0 Å². The fraction of sp³-hybridized carbons (Fsp3) is 0.300. The molecule has 5 nitrogen and oxygen atoms in total. The van der Waals surface area contributed by atoms with Gasteiger partial charge in [-0.2, -0.15) is 0 Å². The van der Waals surface area contributed by atoms with E-state index >= 15 is 0 Å². The van der Waals surface area contributed by atoms with Crippen molar-refractivity contribution in [3.63, 3.8) is 0 Å². The van der Waals surface area contributed by atoms with E-state index in [4.69, 9.17) is 4.74 Å². The molecule has 0 aliphatic carbocycles. The van der Waals surface area contributed by atoms with Gasteiger partial charge in [-0.25, -0.2) is 12.4 Å². The van der Waals surface area contributed by atoms with Gasteiger partial charge in [-0.05, 0) is 68.9 Å². The van der Waals surface area contributed by atoms with E-state index in [0.717, 1.165) is 40.6 Å². The maximum absolute atomic E-state index is 13.2. The Morgan fingerprint density at radius 1 is 1.12 bits per heavy atom. The summed E-state index contributed by atoms with van der Waals surface area (Å²) in [6, 6.07) is 9.30. The molecule has 0 atom stereocenters. The molecule has 1 aromatic heterocycles. The lowest BCUT2D eigenvalue weighted by Crippen LogP contribution is -2.17. The van der Waals surface area contributed by atoms with Gasteiger partial charge >= 0.3 is 0 Å². The zero-order valence-electron chi connectivity index (χ0n) is 15.4. The van der Waals surface area contributed by atoms with Crippen molar-refractivity contribution in [1.82, 2.24) is 8.87 Å². The largest absolute Gasteiger partial charge is 0.497 e. The smallest absolute Gasteiger partial charge is 0.268 e. The molecule has 0 saturated heterocycles. The summed E-state index contributed by atoms with van der Waals surface area (Å²) in [7, 11) is 2.02. The second kappa shape index (κ2) is 5.86. The van der Waals surface area contributed by atoms with Crippen LogP contribution in [0.25, 0.3) is 22.0 Å². The normalized spacial score (nSPS) is 14.7. The molecule has 3 aromatic rings. The highest BCUT2D eigenvalue weighted by molar-refractivity contribution is 7.90. The molecule has 0 spiro atoms. The number of hydrogen-bond acceptors (Lipinski definition) is 4. The fourth-order valence-electron chi connectivity index (χ4n) is 3.65. The Morgan fingerprint density at radius 2 is 1.88 bits per heavy atom. The van der Waals surface area contributed by atoms with Gasteiger partial charge in [0, 0.05) is 29.3 Å². The van der Waals surface area contributed by atoms with E-state index in [2.05, 4.69) is 17.0 Å². The fourth-order valence-corrected chi connectivity index (χ4v) is 5.25. The van der Waals surface area contributed by atoms with Gasteiger partial charge in [0.15, 0.2) is 0 Å². The zero-order valence-corrected chi connectivity index (χ0v) is 16.2. The summed E-state index contributed by atoms with van der Waals surface area (Å²) in [6.45, 7) is 2.91.